The van der Waals surface area contributed by atoms with E-state index in [1.165, 1.54) is 18.2 Å². The fourth-order valence-electron chi connectivity index (χ4n) is 2.37. The maximum Gasteiger partial charge on any atom is 0.410 e. The molecule has 1 aromatic rings. The molecule has 0 radical (unpaired) electrons. The summed E-state index contributed by atoms with van der Waals surface area (Å²) in [6.07, 6.45) is 0.476. The van der Waals surface area contributed by atoms with Gasteiger partial charge in [0.15, 0.2) is 6.10 Å². The van der Waals surface area contributed by atoms with Gasteiger partial charge in [0.25, 0.3) is 5.91 Å². The van der Waals surface area contributed by atoms with Crippen molar-refractivity contribution in [2.75, 3.05) is 32.8 Å². The summed E-state index contributed by atoms with van der Waals surface area (Å²) in [5.41, 5.74) is 0. The van der Waals surface area contributed by atoms with Crippen LogP contribution in [0.1, 0.15) is 6.92 Å². The Balaban J connectivity index is 1.82. The van der Waals surface area contributed by atoms with Crippen LogP contribution < -0.4 is 4.74 Å². The van der Waals surface area contributed by atoms with Gasteiger partial charge in [-0.2, -0.15) is 0 Å². The molecule has 2 amide bonds. The van der Waals surface area contributed by atoms with Crippen LogP contribution in [0.15, 0.2) is 36.9 Å². The fourth-order valence-corrected chi connectivity index (χ4v) is 2.37. The van der Waals surface area contributed by atoms with Gasteiger partial charge in [-0.15, -0.1) is 0 Å². The number of piperazine rings is 1. The summed E-state index contributed by atoms with van der Waals surface area (Å²) < 4.78 is 10.6. The minimum Gasteiger partial charge on any atom is -0.508 e. The average molecular weight is 334 g/mol. The van der Waals surface area contributed by atoms with Crippen molar-refractivity contribution in [3.8, 4) is 11.5 Å². The van der Waals surface area contributed by atoms with Crippen molar-refractivity contribution in [2.24, 2.45) is 0 Å². The number of amides is 2. The number of carbonyl (C=O) groups excluding carboxylic acids is 2. The van der Waals surface area contributed by atoms with Crippen LogP contribution in [0.5, 0.6) is 11.5 Å². The Labute approximate surface area is 141 Å². The van der Waals surface area contributed by atoms with E-state index < -0.39 is 12.2 Å². The van der Waals surface area contributed by atoms with Crippen LogP contribution in [0, 0.1) is 0 Å². The Morgan fingerprint density at radius 1 is 1.21 bits per heavy atom. The number of nitrogens with zero attached hydrogens (tertiary/aromatic N) is 2. The molecule has 1 aromatic carbocycles. The zero-order valence-electron chi connectivity index (χ0n) is 13.7. The molecule has 1 saturated heterocycles. The molecule has 1 N–H and O–H groups in total. The normalized spacial score (nSPS) is 15.5. The average Bonchev–Trinajstić information content (AvgIpc) is 2.61. The van der Waals surface area contributed by atoms with E-state index >= 15 is 0 Å². The van der Waals surface area contributed by atoms with Crippen LogP contribution in [0.25, 0.3) is 0 Å². The van der Waals surface area contributed by atoms with Gasteiger partial charge in [0, 0.05) is 26.2 Å². The molecule has 7 nitrogen and oxygen atoms in total. The number of rotatable bonds is 5. The molecule has 24 heavy (non-hydrogen) atoms. The van der Waals surface area contributed by atoms with Crippen LogP contribution in [0.2, 0.25) is 0 Å². The van der Waals surface area contributed by atoms with Crippen molar-refractivity contribution in [3.63, 3.8) is 0 Å². The molecule has 0 spiro atoms. The minimum absolute atomic E-state index is 0.137. The summed E-state index contributed by atoms with van der Waals surface area (Å²) in [7, 11) is 0. The Morgan fingerprint density at radius 3 is 2.38 bits per heavy atom. The van der Waals surface area contributed by atoms with Crippen molar-refractivity contribution in [3.05, 3.63) is 36.9 Å². The largest absolute Gasteiger partial charge is 0.508 e. The van der Waals surface area contributed by atoms with Crippen LogP contribution in [0.4, 0.5) is 4.79 Å². The van der Waals surface area contributed by atoms with Gasteiger partial charge in [0.05, 0.1) is 0 Å². The zero-order valence-corrected chi connectivity index (χ0v) is 13.7. The van der Waals surface area contributed by atoms with E-state index in [2.05, 4.69) is 6.58 Å². The standard InChI is InChI=1S/C17H22N2O5/c1-3-12-23-17(22)19-10-8-18(9-11-19)16(21)13(2)24-15-6-4-14(20)5-7-15/h3-7,13,20H,1,8-12H2,2H3. The molecule has 7 heteroatoms. The van der Waals surface area contributed by atoms with Crippen molar-refractivity contribution >= 4 is 12.0 Å². The highest BCUT2D eigenvalue weighted by Crippen LogP contribution is 2.18. The fraction of sp³-hybridized carbons (Fsp3) is 0.412. The molecular formula is C17H22N2O5. The molecule has 0 bridgehead atoms. The van der Waals surface area contributed by atoms with Gasteiger partial charge in [0.2, 0.25) is 0 Å². The lowest BCUT2D eigenvalue weighted by Crippen LogP contribution is -2.53. The number of aromatic hydroxyl groups is 1. The van der Waals surface area contributed by atoms with E-state index in [-0.39, 0.29) is 18.3 Å². The van der Waals surface area contributed by atoms with E-state index in [9.17, 15) is 14.7 Å². The first kappa shape index (κ1) is 17.7. The van der Waals surface area contributed by atoms with E-state index in [1.54, 1.807) is 28.9 Å². The number of hydrogen-bond donors (Lipinski definition) is 1. The number of phenols is 1. The summed E-state index contributed by atoms with van der Waals surface area (Å²) in [5.74, 6) is 0.517. The van der Waals surface area contributed by atoms with Crippen LogP contribution in [-0.4, -0.2) is 65.8 Å². The van der Waals surface area contributed by atoms with E-state index in [0.29, 0.717) is 31.9 Å². The third-order valence-corrected chi connectivity index (χ3v) is 3.67. The molecule has 1 heterocycles. The Hall–Kier alpha value is -2.70. The zero-order chi connectivity index (χ0) is 17.5. The second-order valence-electron chi connectivity index (χ2n) is 5.43. The van der Waals surface area contributed by atoms with Crippen LogP contribution in [0.3, 0.4) is 0 Å². The van der Waals surface area contributed by atoms with Crippen molar-refractivity contribution in [1.29, 1.82) is 0 Å². The number of phenolic OH excluding ortho intramolecular Hbond substituents is 1. The van der Waals surface area contributed by atoms with Gasteiger partial charge in [-0.25, -0.2) is 4.79 Å². The van der Waals surface area contributed by atoms with E-state index in [1.807, 2.05) is 0 Å². The van der Waals surface area contributed by atoms with E-state index in [0.717, 1.165) is 0 Å². The molecule has 0 aromatic heterocycles. The SMILES string of the molecule is C=CCOC(=O)N1CCN(C(=O)C(C)Oc2ccc(O)cc2)CC1. The summed E-state index contributed by atoms with van der Waals surface area (Å²) in [6, 6.07) is 6.21. The maximum atomic E-state index is 12.4. The molecule has 0 saturated carbocycles. The summed E-state index contributed by atoms with van der Waals surface area (Å²) in [4.78, 5) is 27.4. The van der Waals surface area contributed by atoms with Gasteiger partial charge in [-0.3, -0.25) is 4.79 Å². The van der Waals surface area contributed by atoms with Gasteiger partial charge in [-0.1, -0.05) is 12.7 Å². The smallest absolute Gasteiger partial charge is 0.410 e. The van der Waals surface area contributed by atoms with Gasteiger partial charge >= 0.3 is 6.09 Å². The van der Waals surface area contributed by atoms with Crippen molar-refractivity contribution in [2.45, 2.75) is 13.0 Å². The number of carbonyl (C=O) groups is 2. The molecule has 130 valence electrons. The maximum absolute atomic E-state index is 12.4. The number of benzene rings is 1. The molecule has 1 fully saturated rings. The molecule has 0 aliphatic carbocycles. The first-order chi connectivity index (χ1) is 11.5. The predicted octanol–water partition coefficient (Wildman–Crippen LogP) is 1.63. The van der Waals surface area contributed by atoms with Crippen LogP contribution in [-0.2, 0) is 9.53 Å². The molecule has 1 aliphatic rings. The molecule has 1 unspecified atom stereocenters. The lowest BCUT2D eigenvalue weighted by atomic mass is 10.2. The minimum atomic E-state index is -0.645. The van der Waals surface area contributed by atoms with Gasteiger partial charge < -0.3 is 24.4 Å². The highest BCUT2D eigenvalue weighted by molar-refractivity contribution is 5.81. The lowest BCUT2D eigenvalue weighted by Gasteiger charge is -2.35. The molecule has 1 aliphatic heterocycles. The van der Waals surface area contributed by atoms with Crippen molar-refractivity contribution < 1.29 is 24.2 Å². The quantitative estimate of drug-likeness (QED) is 0.828. The summed E-state index contributed by atoms with van der Waals surface area (Å²) in [6.45, 7) is 7.07. The van der Waals surface area contributed by atoms with Crippen LogP contribution >= 0.6 is 0 Å². The highest BCUT2D eigenvalue weighted by atomic mass is 16.6. The predicted molar refractivity (Wildman–Crippen MR) is 87.9 cm³/mol. The second-order valence-corrected chi connectivity index (χ2v) is 5.43. The first-order valence-electron chi connectivity index (χ1n) is 7.78. The van der Waals surface area contributed by atoms with Gasteiger partial charge in [0.1, 0.15) is 18.1 Å². The monoisotopic (exact) mass is 334 g/mol. The van der Waals surface area contributed by atoms with Gasteiger partial charge in [-0.05, 0) is 31.2 Å². The molecule has 2 rings (SSSR count). The Morgan fingerprint density at radius 2 is 1.79 bits per heavy atom. The van der Waals surface area contributed by atoms with E-state index in [4.69, 9.17) is 9.47 Å². The number of hydrogen-bond acceptors (Lipinski definition) is 5. The molecule has 1 atom stereocenters. The number of ether oxygens (including phenoxy) is 2. The lowest BCUT2D eigenvalue weighted by molar-refractivity contribution is -0.139. The third kappa shape index (κ3) is 4.65. The highest BCUT2D eigenvalue weighted by Gasteiger charge is 2.28. The second kappa shape index (κ2) is 8.24. The third-order valence-electron chi connectivity index (χ3n) is 3.67. The Bertz CT molecular complexity index is 579. The Kier molecular flexibility index (Phi) is 6.06. The van der Waals surface area contributed by atoms with Crippen molar-refractivity contribution in [1.82, 2.24) is 9.80 Å². The first-order valence-corrected chi connectivity index (χ1v) is 7.78. The molecular weight excluding hydrogens is 312 g/mol. The summed E-state index contributed by atoms with van der Waals surface area (Å²) >= 11 is 0. The summed E-state index contributed by atoms with van der Waals surface area (Å²) in [5, 5.41) is 9.25. The topological polar surface area (TPSA) is 79.3 Å².